The summed E-state index contributed by atoms with van der Waals surface area (Å²) in [5, 5.41) is 12.1. The number of aliphatic carboxylic acids is 1. The van der Waals surface area contributed by atoms with Crippen LogP contribution in [0.1, 0.15) is 41.9 Å². The van der Waals surface area contributed by atoms with Crippen molar-refractivity contribution in [2.24, 2.45) is 0 Å². The molecule has 0 aliphatic carbocycles. The Morgan fingerprint density at radius 2 is 1.62 bits per heavy atom. The van der Waals surface area contributed by atoms with Crippen LogP contribution in [0.3, 0.4) is 0 Å². The summed E-state index contributed by atoms with van der Waals surface area (Å²) in [6.45, 7) is 2.83. The van der Waals surface area contributed by atoms with Crippen molar-refractivity contribution < 1.29 is 24.2 Å². The fraction of sp³-hybridized carbons (Fsp3) is 0.353. The molecule has 0 radical (unpaired) electrons. The lowest BCUT2D eigenvalue weighted by atomic mass is 9.74. The van der Waals surface area contributed by atoms with Crippen LogP contribution >= 0.6 is 0 Å². The number of fused-ring (bicyclic) bond motifs is 1. The lowest BCUT2D eigenvalue weighted by molar-refractivity contribution is -0.139. The summed E-state index contributed by atoms with van der Waals surface area (Å²) >= 11 is 0. The molecule has 42 heavy (non-hydrogen) atoms. The number of ether oxygens (including phenoxy) is 2. The van der Waals surface area contributed by atoms with Gasteiger partial charge in [-0.3, -0.25) is 9.69 Å². The van der Waals surface area contributed by atoms with Gasteiger partial charge < -0.3 is 24.8 Å². The summed E-state index contributed by atoms with van der Waals surface area (Å²) in [5.74, 6) is 6.46. The van der Waals surface area contributed by atoms with E-state index in [0.717, 1.165) is 42.0 Å². The first-order valence-electron chi connectivity index (χ1n) is 14.4. The Kier molecular flexibility index (Phi) is 9.75. The minimum absolute atomic E-state index is 0.0189. The fourth-order valence-electron chi connectivity index (χ4n) is 5.80. The predicted octanol–water partition coefficient (Wildman–Crippen LogP) is 5.05. The zero-order chi connectivity index (χ0) is 29.3. The van der Waals surface area contributed by atoms with Gasteiger partial charge in [0.25, 0.3) is 0 Å². The molecule has 8 nitrogen and oxygen atoms in total. The van der Waals surface area contributed by atoms with Crippen molar-refractivity contribution in [2.45, 2.75) is 37.3 Å². The summed E-state index contributed by atoms with van der Waals surface area (Å²) in [6.07, 6.45) is 1.86. The van der Waals surface area contributed by atoms with Gasteiger partial charge in [0.15, 0.2) is 0 Å². The van der Waals surface area contributed by atoms with E-state index in [1.165, 1.54) is 5.56 Å². The average Bonchev–Trinajstić information content (AvgIpc) is 2.99. The van der Waals surface area contributed by atoms with E-state index in [0.29, 0.717) is 19.7 Å². The first-order chi connectivity index (χ1) is 20.5. The molecule has 2 N–H and O–H groups in total. The summed E-state index contributed by atoms with van der Waals surface area (Å²) < 4.78 is 11.1. The number of carboxylic acid groups (broad SMARTS) is 1. The molecule has 2 aliphatic heterocycles. The number of urea groups is 1. The standard InChI is InChI=1S/C34H37N3O5/c1-41-29-17-15-28(16-18-29)35-34(40)36-20-5-6-21-37-30(23-36)33(31(37)24-42-22-19-32(38)39)27-13-11-26(12-14-27)10-9-25-7-3-2-4-8-25/h2-4,7-8,11-18,30-31,33H,5-6,19-24H2,1H3,(H,35,40)(H,38,39). The highest BCUT2D eigenvalue weighted by molar-refractivity contribution is 5.89. The monoisotopic (exact) mass is 567 g/mol. The molecule has 0 bridgehead atoms. The normalized spacial score (nSPS) is 20.1. The van der Waals surface area contributed by atoms with Gasteiger partial charge in [-0.05, 0) is 73.5 Å². The lowest BCUT2D eigenvalue weighted by Gasteiger charge is -2.57. The van der Waals surface area contributed by atoms with Gasteiger partial charge in [0, 0.05) is 47.9 Å². The van der Waals surface area contributed by atoms with Gasteiger partial charge in [-0.15, -0.1) is 0 Å². The van der Waals surface area contributed by atoms with Crippen molar-refractivity contribution in [3.63, 3.8) is 0 Å². The lowest BCUT2D eigenvalue weighted by Crippen LogP contribution is -2.68. The number of hydrogen-bond donors (Lipinski definition) is 2. The second kappa shape index (κ2) is 14.0. The van der Waals surface area contributed by atoms with Crippen LogP contribution in [-0.2, 0) is 9.53 Å². The molecule has 2 amide bonds. The van der Waals surface area contributed by atoms with Gasteiger partial charge in [0.1, 0.15) is 5.75 Å². The number of methoxy groups -OCH3 is 1. The third-order valence-electron chi connectivity index (χ3n) is 7.98. The number of carbonyl (C=O) groups excluding carboxylic acids is 1. The molecule has 8 heteroatoms. The zero-order valence-electron chi connectivity index (χ0n) is 23.9. The molecule has 0 spiro atoms. The second-order valence-corrected chi connectivity index (χ2v) is 10.7. The van der Waals surface area contributed by atoms with E-state index >= 15 is 0 Å². The molecule has 2 saturated heterocycles. The third kappa shape index (κ3) is 7.30. The maximum atomic E-state index is 13.4. The van der Waals surface area contributed by atoms with E-state index in [-0.39, 0.29) is 37.1 Å². The van der Waals surface area contributed by atoms with E-state index in [1.54, 1.807) is 7.11 Å². The number of hydrogen-bond acceptors (Lipinski definition) is 5. The van der Waals surface area contributed by atoms with Crippen molar-refractivity contribution in [1.82, 2.24) is 9.80 Å². The predicted molar refractivity (Wildman–Crippen MR) is 162 cm³/mol. The zero-order valence-corrected chi connectivity index (χ0v) is 23.9. The number of nitrogens with one attached hydrogen (secondary N) is 1. The van der Waals surface area contributed by atoms with Gasteiger partial charge in [0.2, 0.25) is 0 Å². The number of benzene rings is 3. The van der Waals surface area contributed by atoms with Gasteiger partial charge in [0.05, 0.1) is 26.7 Å². The van der Waals surface area contributed by atoms with Crippen LogP contribution < -0.4 is 10.1 Å². The number of carboxylic acids is 1. The fourth-order valence-corrected chi connectivity index (χ4v) is 5.80. The van der Waals surface area contributed by atoms with Crippen LogP contribution in [0.2, 0.25) is 0 Å². The number of nitrogens with zero attached hydrogens (tertiary/aromatic N) is 2. The van der Waals surface area contributed by atoms with Crippen LogP contribution in [0.15, 0.2) is 78.9 Å². The molecule has 218 valence electrons. The quantitative estimate of drug-likeness (QED) is 0.293. The molecule has 3 unspecified atom stereocenters. The molecule has 5 rings (SSSR count). The molecule has 0 aromatic heterocycles. The molecule has 3 atom stereocenters. The molecule has 0 saturated carbocycles. The molecule has 2 aliphatic rings. The van der Waals surface area contributed by atoms with Crippen LogP contribution in [0, 0.1) is 11.8 Å². The Labute approximate surface area is 247 Å². The van der Waals surface area contributed by atoms with E-state index < -0.39 is 5.97 Å². The molecule has 2 heterocycles. The Hall–Kier alpha value is -4.32. The average molecular weight is 568 g/mol. The molecular formula is C34H37N3O5. The molecular weight excluding hydrogens is 530 g/mol. The highest BCUT2D eigenvalue weighted by atomic mass is 16.5. The van der Waals surface area contributed by atoms with Crippen molar-refractivity contribution in [1.29, 1.82) is 0 Å². The van der Waals surface area contributed by atoms with Gasteiger partial charge in [-0.25, -0.2) is 4.79 Å². The number of anilines is 1. The Morgan fingerprint density at radius 3 is 2.31 bits per heavy atom. The molecule has 3 aromatic rings. The van der Waals surface area contributed by atoms with E-state index in [2.05, 4.69) is 34.2 Å². The Balaban J connectivity index is 1.32. The van der Waals surface area contributed by atoms with E-state index in [1.807, 2.05) is 71.6 Å². The summed E-state index contributed by atoms with van der Waals surface area (Å²) in [7, 11) is 1.62. The van der Waals surface area contributed by atoms with Crippen LogP contribution in [0.5, 0.6) is 5.75 Å². The second-order valence-electron chi connectivity index (χ2n) is 10.7. The number of amides is 2. The van der Waals surface area contributed by atoms with Gasteiger partial charge in [-0.1, -0.05) is 42.2 Å². The maximum absolute atomic E-state index is 13.4. The van der Waals surface area contributed by atoms with Crippen molar-refractivity contribution in [3.05, 3.63) is 95.6 Å². The van der Waals surface area contributed by atoms with Crippen LogP contribution in [0.25, 0.3) is 0 Å². The Morgan fingerprint density at radius 1 is 0.929 bits per heavy atom. The third-order valence-corrected chi connectivity index (χ3v) is 7.98. The van der Waals surface area contributed by atoms with E-state index in [9.17, 15) is 9.59 Å². The van der Waals surface area contributed by atoms with Gasteiger partial charge >= 0.3 is 12.0 Å². The van der Waals surface area contributed by atoms with Gasteiger partial charge in [-0.2, -0.15) is 0 Å². The van der Waals surface area contributed by atoms with Crippen LogP contribution in [0.4, 0.5) is 10.5 Å². The SMILES string of the molecule is COc1ccc(NC(=O)N2CCCCN3C(COCCC(=O)O)C(c4ccc(C#Cc5ccccc5)cc4)C3C2)cc1. The minimum atomic E-state index is -0.866. The first-order valence-corrected chi connectivity index (χ1v) is 14.4. The largest absolute Gasteiger partial charge is 0.497 e. The summed E-state index contributed by atoms with van der Waals surface area (Å²) in [6, 6.07) is 25.7. The highest BCUT2D eigenvalue weighted by Gasteiger charge is 2.50. The summed E-state index contributed by atoms with van der Waals surface area (Å²) in [4.78, 5) is 28.7. The molecule has 2 fully saturated rings. The van der Waals surface area contributed by atoms with E-state index in [4.69, 9.17) is 14.6 Å². The van der Waals surface area contributed by atoms with Crippen molar-refractivity contribution >= 4 is 17.7 Å². The number of carbonyl (C=O) groups is 2. The first kappa shape index (κ1) is 29.2. The van der Waals surface area contributed by atoms with Crippen molar-refractivity contribution in [3.8, 4) is 17.6 Å². The topological polar surface area (TPSA) is 91.3 Å². The maximum Gasteiger partial charge on any atom is 0.321 e. The Bertz CT molecular complexity index is 1400. The highest BCUT2D eigenvalue weighted by Crippen LogP contribution is 2.42. The van der Waals surface area contributed by atoms with Crippen LogP contribution in [-0.4, -0.2) is 78.9 Å². The number of rotatable bonds is 8. The smallest absolute Gasteiger partial charge is 0.321 e. The minimum Gasteiger partial charge on any atom is -0.497 e. The summed E-state index contributed by atoms with van der Waals surface area (Å²) in [5.41, 5.74) is 3.80. The van der Waals surface area contributed by atoms with Crippen molar-refractivity contribution in [2.75, 3.05) is 45.3 Å². The molecule has 3 aromatic carbocycles.